The van der Waals surface area contributed by atoms with E-state index >= 15 is 0 Å². The second-order valence-electron chi connectivity index (χ2n) is 3.97. The van der Waals surface area contributed by atoms with E-state index in [1.807, 2.05) is 24.3 Å². The topological polar surface area (TPSA) is 90.9 Å². The maximum atomic E-state index is 5.89. The van der Waals surface area contributed by atoms with Gasteiger partial charge in [0.2, 0.25) is 5.28 Å². The molecule has 7 nitrogen and oxygen atoms in total. The van der Waals surface area contributed by atoms with Crippen LogP contribution in [0.15, 0.2) is 30.6 Å². The summed E-state index contributed by atoms with van der Waals surface area (Å²) in [5, 5.41) is 0.0979. The van der Waals surface area contributed by atoms with Crippen molar-refractivity contribution in [1.82, 2.24) is 19.5 Å². The molecule has 3 N–H and O–H groups in total. The van der Waals surface area contributed by atoms with Crippen LogP contribution in [-0.2, 0) is 0 Å². The number of aromatic nitrogens is 4. The van der Waals surface area contributed by atoms with Crippen molar-refractivity contribution in [3.63, 3.8) is 0 Å². The highest BCUT2D eigenvalue weighted by Gasteiger charge is 2.12. The van der Waals surface area contributed by atoms with Crippen molar-refractivity contribution in [2.24, 2.45) is 5.84 Å². The zero-order chi connectivity index (χ0) is 14.1. The van der Waals surface area contributed by atoms with E-state index < -0.39 is 0 Å². The summed E-state index contributed by atoms with van der Waals surface area (Å²) in [7, 11) is 1.62. The third kappa shape index (κ3) is 2.02. The van der Waals surface area contributed by atoms with Gasteiger partial charge in [-0.2, -0.15) is 9.97 Å². The van der Waals surface area contributed by atoms with E-state index in [4.69, 9.17) is 22.2 Å². The number of nitrogens with one attached hydrogen (secondary N) is 1. The summed E-state index contributed by atoms with van der Waals surface area (Å²) < 4.78 is 6.93. The number of rotatable bonds is 3. The van der Waals surface area contributed by atoms with E-state index in [-0.39, 0.29) is 5.28 Å². The van der Waals surface area contributed by atoms with Gasteiger partial charge in [0.1, 0.15) is 12.1 Å². The van der Waals surface area contributed by atoms with Gasteiger partial charge in [0, 0.05) is 5.69 Å². The molecule has 0 bridgehead atoms. The van der Waals surface area contributed by atoms with Crippen LogP contribution in [0.2, 0.25) is 5.28 Å². The Morgan fingerprint density at radius 3 is 2.65 bits per heavy atom. The van der Waals surface area contributed by atoms with Crippen LogP contribution in [0.4, 0.5) is 5.82 Å². The number of nitrogens with two attached hydrogens (primary N) is 1. The fourth-order valence-corrected chi connectivity index (χ4v) is 2.07. The molecule has 3 aromatic rings. The number of ether oxygens (including phenoxy) is 1. The number of hydrogen-bond acceptors (Lipinski definition) is 6. The van der Waals surface area contributed by atoms with Gasteiger partial charge in [-0.05, 0) is 35.9 Å². The molecule has 2 heterocycles. The number of methoxy groups -OCH3 is 1. The van der Waals surface area contributed by atoms with Crippen molar-refractivity contribution in [2.45, 2.75) is 0 Å². The van der Waals surface area contributed by atoms with Crippen LogP contribution in [0.25, 0.3) is 16.9 Å². The fraction of sp³-hybridized carbons (Fsp3) is 0.0833. The number of nitrogen functional groups attached to an aromatic ring is 1. The molecule has 3 rings (SSSR count). The Kier molecular flexibility index (Phi) is 3.13. The standard InChI is InChI=1S/C12H11ClN6O/c1-20-8-4-2-7(3-5-8)19-6-15-9-10(18-14)16-12(13)17-11(9)19/h2-6H,14H2,1H3,(H,16,17,18). The minimum atomic E-state index is 0.0979. The molecule has 102 valence electrons. The molecule has 20 heavy (non-hydrogen) atoms. The molecule has 8 heteroatoms. The molecule has 0 unspecified atom stereocenters. The molecule has 0 amide bonds. The van der Waals surface area contributed by atoms with Gasteiger partial charge in [0.15, 0.2) is 17.0 Å². The Labute approximate surface area is 119 Å². The summed E-state index contributed by atoms with van der Waals surface area (Å²) in [6.07, 6.45) is 1.64. The van der Waals surface area contributed by atoms with Crippen molar-refractivity contribution < 1.29 is 4.74 Å². The predicted molar refractivity (Wildman–Crippen MR) is 76.0 cm³/mol. The predicted octanol–water partition coefficient (Wildman–Crippen LogP) is 1.76. The molecule has 0 spiro atoms. The number of imidazole rings is 1. The van der Waals surface area contributed by atoms with Gasteiger partial charge in [-0.3, -0.25) is 4.57 Å². The average molecular weight is 291 g/mol. The molecular formula is C12H11ClN6O. The Morgan fingerprint density at radius 2 is 2.00 bits per heavy atom. The smallest absolute Gasteiger partial charge is 0.226 e. The van der Waals surface area contributed by atoms with Crippen LogP contribution in [0.5, 0.6) is 5.75 Å². The van der Waals surface area contributed by atoms with Gasteiger partial charge in [-0.15, -0.1) is 0 Å². The lowest BCUT2D eigenvalue weighted by Crippen LogP contribution is -2.10. The maximum absolute atomic E-state index is 5.89. The van der Waals surface area contributed by atoms with Crippen LogP contribution < -0.4 is 16.0 Å². The zero-order valence-corrected chi connectivity index (χ0v) is 11.3. The summed E-state index contributed by atoms with van der Waals surface area (Å²) in [6, 6.07) is 7.50. The number of nitrogens with zero attached hydrogens (tertiary/aromatic N) is 4. The van der Waals surface area contributed by atoms with Crippen molar-refractivity contribution in [3.05, 3.63) is 35.9 Å². The van der Waals surface area contributed by atoms with E-state index in [0.717, 1.165) is 11.4 Å². The molecule has 2 aromatic heterocycles. The minimum Gasteiger partial charge on any atom is -0.497 e. The van der Waals surface area contributed by atoms with E-state index in [2.05, 4.69) is 20.4 Å². The molecule has 0 atom stereocenters. The lowest BCUT2D eigenvalue weighted by Gasteiger charge is -2.06. The summed E-state index contributed by atoms with van der Waals surface area (Å²) in [5.41, 5.74) is 4.46. The van der Waals surface area contributed by atoms with Gasteiger partial charge < -0.3 is 10.2 Å². The first-order valence-electron chi connectivity index (χ1n) is 5.74. The quantitative estimate of drug-likeness (QED) is 0.434. The van der Waals surface area contributed by atoms with E-state index in [0.29, 0.717) is 17.0 Å². The molecule has 0 saturated carbocycles. The molecular weight excluding hydrogens is 280 g/mol. The molecule has 0 aliphatic heterocycles. The molecule has 0 radical (unpaired) electrons. The van der Waals surface area contributed by atoms with E-state index in [1.54, 1.807) is 18.0 Å². The molecule has 0 saturated heterocycles. The van der Waals surface area contributed by atoms with Crippen molar-refractivity contribution in [2.75, 3.05) is 12.5 Å². The monoisotopic (exact) mass is 290 g/mol. The van der Waals surface area contributed by atoms with E-state index in [9.17, 15) is 0 Å². The van der Waals surface area contributed by atoms with Crippen molar-refractivity contribution in [3.8, 4) is 11.4 Å². The lowest BCUT2D eigenvalue weighted by atomic mass is 10.3. The third-order valence-electron chi connectivity index (χ3n) is 2.86. The van der Waals surface area contributed by atoms with Crippen LogP contribution >= 0.6 is 11.6 Å². The number of fused-ring (bicyclic) bond motifs is 1. The van der Waals surface area contributed by atoms with Gasteiger partial charge >= 0.3 is 0 Å². The Balaban J connectivity index is 2.18. The number of hydrogen-bond donors (Lipinski definition) is 2. The summed E-state index contributed by atoms with van der Waals surface area (Å²) in [5.74, 6) is 6.56. The second-order valence-corrected chi connectivity index (χ2v) is 4.31. The maximum Gasteiger partial charge on any atom is 0.226 e. The Hall–Kier alpha value is -2.38. The van der Waals surface area contributed by atoms with Crippen LogP contribution in [0, 0.1) is 0 Å². The van der Waals surface area contributed by atoms with Crippen molar-refractivity contribution in [1.29, 1.82) is 0 Å². The number of halogens is 1. The Morgan fingerprint density at radius 1 is 1.25 bits per heavy atom. The second kappa shape index (κ2) is 4.95. The zero-order valence-electron chi connectivity index (χ0n) is 10.5. The average Bonchev–Trinajstić information content (AvgIpc) is 2.90. The highest BCUT2D eigenvalue weighted by molar-refractivity contribution is 6.28. The third-order valence-corrected chi connectivity index (χ3v) is 3.03. The SMILES string of the molecule is COc1ccc(-n2cnc3c(NN)nc(Cl)nc32)cc1. The first-order valence-corrected chi connectivity index (χ1v) is 6.12. The van der Waals surface area contributed by atoms with Crippen LogP contribution in [0.3, 0.4) is 0 Å². The fourth-order valence-electron chi connectivity index (χ4n) is 1.91. The highest BCUT2D eigenvalue weighted by atomic mass is 35.5. The largest absolute Gasteiger partial charge is 0.497 e. The molecule has 1 aromatic carbocycles. The normalized spacial score (nSPS) is 10.8. The van der Waals surface area contributed by atoms with Crippen LogP contribution in [-0.4, -0.2) is 26.6 Å². The number of benzene rings is 1. The van der Waals surface area contributed by atoms with Gasteiger partial charge in [0.25, 0.3) is 0 Å². The van der Waals surface area contributed by atoms with Crippen LogP contribution in [0.1, 0.15) is 0 Å². The highest BCUT2D eigenvalue weighted by Crippen LogP contribution is 2.23. The summed E-state index contributed by atoms with van der Waals surface area (Å²) >= 11 is 5.89. The minimum absolute atomic E-state index is 0.0979. The van der Waals surface area contributed by atoms with E-state index in [1.165, 1.54) is 0 Å². The number of hydrazine groups is 1. The summed E-state index contributed by atoms with van der Waals surface area (Å²) in [6.45, 7) is 0. The first kappa shape index (κ1) is 12.6. The lowest BCUT2D eigenvalue weighted by molar-refractivity contribution is 0.415. The van der Waals surface area contributed by atoms with Gasteiger partial charge in [-0.25, -0.2) is 10.8 Å². The first-order chi connectivity index (χ1) is 9.72. The number of anilines is 1. The van der Waals surface area contributed by atoms with Gasteiger partial charge in [0.05, 0.1) is 7.11 Å². The molecule has 0 aliphatic rings. The molecule has 0 fully saturated rings. The Bertz CT molecular complexity index is 754. The molecule has 0 aliphatic carbocycles. The van der Waals surface area contributed by atoms with Crippen molar-refractivity contribution >= 4 is 28.6 Å². The summed E-state index contributed by atoms with van der Waals surface area (Å²) in [4.78, 5) is 12.4. The van der Waals surface area contributed by atoms with Gasteiger partial charge in [-0.1, -0.05) is 0 Å².